The maximum Gasteiger partial charge on any atom is 0.417 e. The van der Waals surface area contributed by atoms with Gasteiger partial charge in [0.2, 0.25) is 5.91 Å². The van der Waals surface area contributed by atoms with Crippen molar-refractivity contribution in [3.8, 4) is 5.75 Å². The van der Waals surface area contributed by atoms with Crippen molar-refractivity contribution in [1.29, 1.82) is 0 Å². The van der Waals surface area contributed by atoms with Crippen LogP contribution in [-0.2, 0) is 38.3 Å². The maximum atomic E-state index is 14.7. The molecular formula is C30H34F3N3O7. The number of amides is 1. The summed E-state index contributed by atoms with van der Waals surface area (Å²) in [6.45, 7) is -0.173. The fourth-order valence-electron chi connectivity index (χ4n) is 8.97. The van der Waals surface area contributed by atoms with E-state index in [0.29, 0.717) is 11.8 Å². The highest BCUT2D eigenvalue weighted by atomic mass is 19.4. The van der Waals surface area contributed by atoms with Gasteiger partial charge in [0.1, 0.15) is 5.75 Å². The number of carbonyl (C=O) groups is 5. The number of ketones is 4. The smallest absolute Gasteiger partial charge is 0.417 e. The number of hydrogen-bond donors (Lipinski definition) is 4. The number of alkyl halides is 3. The molecule has 5 aliphatic carbocycles. The first-order valence-electron chi connectivity index (χ1n) is 14.6. The molecule has 5 aliphatic rings. The van der Waals surface area contributed by atoms with Crippen LogP contribution in [0.1, 0.15) is 59.2 Å². The Morgan fingerprint density at radius 3 is 2.35 bits per heavy atom. The van der Waals surface area contributed by atoms with Crippen molar-refractivity contribution in [3.05, 3.63) is 28.3 Å². The fourth-order valence-corrected chi connectivity index (χ4v) is 8.97. The molecule has 5 N–H and O–H groups in total. The quantitative estimate of drug-likeness (QED) is 0.360. The number of aliphatic hydroxyl groups is 1. The molecule has 0 radical (unpaired) electrons. The summed E-state index contributed by atoms with van der Waals surface area (Å²) in [6, 6.07) is -0.374. The molecule has 13 heteroatoms. The molecule has 43 heavy (non-hydrogen) atoms. The van der Waals surface area contributed by atoms with Crippen molar-refractivity contribution in [3.63, 3.8) is 0 Å². The molecule has 4 saturated carbocycles. The number of halogens is 3. The third-order valence-corrected chi connectivity index (χ3v) is 10.7. The number of aromatic hydroxyl groups is 1. The van der Waals surface area contributed by atoms with Crippen LogP contribution in [0.3, 0.4) is 0 Å². The maximum absolute atomic E-state index is 14.7. The SMILES string of the molecule is CN(C)[C@@H]1C(=O)C(C(N)=O)C(=O)[C@@]2(O)C(=O)C3C(=O)c4c(O)cc(CN[C@H]5CC6CCC5C6)c(C(F)(F)F)c4C[C@H]3C[C@@H]12. The topological polar surface area (TPSA) is 167 Å². The Hall–Kier alpha value is -3.16. The zero-order chi connectivity index (χ0) is 31.3. The summed E-state index contributed by atoms with van der Waals surface area (Å²) >= 11 is 0. The first-order chi connectivity index (χ1) is 20.1. The van der Waals surface area contributed by atoms with E-state index in [0.717, 1.165) is 31.7 Å². The summed E-state index contributed by atoms with van der Waals surface area (Å²) in [5, 5.41) is 25.8. The number of Topliss-reactive ketones (excluding diaryl/α,β-unsaturated/α-hetero) is 4. The lowest BCUT2D eigenvalue weighted by molar-refractivity contribution is -0.181. The number of benzene rings is 1. The van der Waals surface area contributed by atoms with E-state index in [-0.39, 0.29) is 24.6 Å². The molecule has 9 atom stereocenters. The Bertz CT molecular complexity index is 1460. The number of likely N-dealkylation sites (N-methyl/N-ethyl adjacent to an activating group) is 1. The van der Waals surface area contributed by atoms with Gasteiger partial charge in [-0.2, -0.15) is 13.2 Å². The monoisotopic (exact) mass is 605 g/mol. The summed E-state index contributed by atoms with van der Waals surface area (Å²) in [5.74, 6) is -12.3. The lowest BCUT2D eigenvalue weighted by atomic mass is 9.52. The first kappa shape index (κ1) is 29.9. The molecule has 0 spiro atoms. The minimum Gasteiger partial charge on any atom is -0.507 e. The molecule has 4 fully saturated rings. The lowest BCUT2D eigenvalue weighted by Gasteiger charge is -2.52. The summed E-state index contributed by atoms with van der Waals surface area (Å²) in [7, 11) is 2.87. The second kappa shape index (κ2) is 9.93. The van der Waals surface area contributed by atoms with Crippen molar-refractivity contribution >= 4 is 29.0 Å². The van der Waals surface area contributed by atoms with E-state index < -0.39 is 99.4 Å². The molecule has 2 bridgehead atoms. The van der Waals surface area contributed by atoms with Crippen LogP contribution >= 0.6 is 0 Å². The molecule has 10 nitrogen and oxygen atoms in total. The molecule has 6 rings (SSSR count). The van der Waals surface area contributed by atoms with E-state index >= 15 is 0 Å². The van der Waals surface area contributed by atoms with E-state index in [1.54, 1.807) is 0 Å². The minimum absolute atomic E-state index is 0.0613. The Balaban J connectivity index is 1.41. The second-order valence-electron chi connectivity index (χ2n) is 13.2. The molecule has 1 aromatic carbocycles. The highest BCUT2D eigenvalue weighted by Gasteiger charge is 2.69. The number of primary amides is 1. The van der Waals surface area contributed by atoms with Crippen LogP contribution < -0.4 is 11.1 Å². The summed E-state index contributed by atoms with van der Waals surface area (Å²) < 4.78 is 44.1. The zero-order valence-corrected chi connectivity index (χ0v) is 23.7. The Morgan fingerprint density at radius 1 is 1.09 bits per heavy atom. The van der Waals surface area contributed by atoms with Gasteiger partial charge in [0.15, 0.2) is 34.7 Å². The third-order valence-electron chi connectivity index (χ3n) is 10.7. The molecule has 4 unspecified atom stereocenters. The summed E-state index contributed by atoms with van der Waals surface area (Å²) in [5.41, 5.74) is -0.00826. The van der Waals surface area contributed by atoms with Crippen LogP contribution in [0.25, 0.3) is 0 Å². The van der Waals surface area contributed by atoms with Gasteiger partial charge in [-0.15, -0.1) is 0 Å². The average molecular weight is 606 g/mol. The third kappa shape index (κ3) is 4.29. The number of nitrogens with two attached hydrogens (primary N) is 1. The van der Waals surface area contributed by atoms with Gasteiger partial charge < -0.3 is 21.3 Å². The van der Waals surface area contributed by atoms with Crippen LogP contribution in [-0.4, -0.2) is 75.9 Å². The Kier molecular flexibility index (Phi) is 6.90. The van der Waals surface area contributed by atoms with Gasteiger partial charge in [0.05, 0.1) is 23.1 Å². The molecule has 0 saturated heterocycles. The van der Waals surface area contributed by atoms with Gasteiger partial charge in [0, 0.05) is 18.5 Å². The number of carbonyl (C=O) groups excluding carboxylic acids is 5. The molecule has 232 valence electrons. The molecule has 1 amide bonds. The Morgan fingerprint density at radius 2 is 1.79 bits per heavy atom. The van der Waals surface area contributed by atoms with Gasteiger partial charge >= 0.3 is 6.18 Å². The van der Waals surface area contributed by atoms with E-state index in [2.05, 4.69) is 5.32 Å². The second-order valence-corrected chi connectivity index (χ2v) is 13.2. The van der Waals surface area contributed by atoms with Crippen molar-refractivity contribution in [1.82, 2.24) is 10.2 Å². The molecule has 0 heterocycles. The predicted molar refractivity (Wildman–Crippen MR) is 142 cm³/mol. The Labute approximate surface area is 245 Å². The van der Waals surface area contributed by atoms with E-state index in [1.807, 2.05) is 0 Å². The highest BCUT2D eigenvalue weighted by molar-refractivity contribution is 6.32. The first-order valence-corrected chi connectivity index (χ1v) is 14.6. The normalized spacial score (nSPS) is 37.0. The number of rotatable bonds is 5. The largest absolute Gasteiger partial charge is 0.507 e. The van der Waals surface area contributed by atoms with Crippen molar-refractivity contribution < 1.29 is 47.4 Å². The molecule has 0 aromatic heterocycles. The number of nitrogens with zero attached hydrogens (tertiary/aromatic N) is 1. The van der Waals surface area contributed by atoms with Crippen LogP contribution in [0.4, 0.5) is 13.2 Å². The summed E-state index contributed by atoms with van der Waals surface area (Å²) in [6.07, 6.45) is -1.62. The fraction of sp³-hybridized carbons (Fsp3) is 0.633. The highest BCUT2D eigenvalue weighted by Crippen LogP contribution is 2.53. The molecular weight excluding hydrogens is 571 g/mol. The lowest BCUT2D eigenvalue weighted by Crippen LogP contribution is -2.74. The number of fused-ring (bicyclic) bond motifs is 5. The minimum atomic E-state index is -4.90. The van der Waals surface area contributed by atoms with Crippen LogP contribution in [0.5, 0.6) is 5.75 Å². The standard InChI is InChI=1S/C30H34F3N3O7/c1-36(2)23-16-8-13-7-15-20(24(38)19(13)26(40)29(16,43)27(41)21(25(23)39)28(34)42)18(37)9-14(22(15)30(31,32)33)10-35-17-6-11-3-4-12(17)5-11/h9,11-13,16-17,19,21,23,35,37,43H,3-8,10H2,1-2H3,(H2,34,42)/t11?,12?,13-,16-,17-,19?,21?,23-,29-/m0/s1. The number of nitrogens with one attached hydrogen (secondary N) is 1. The van der Waals surface area contributed by atoms with Gasteiger partial charge in [-0.25, -0.2) is 0 Å². The number of phenols is 1. The van der Waals surface area contributed by atoms with Gasteiger partial charge in [-0.05, 0) is 81.1 Å². The molecule has 1 aromatic rings. The van der Waals surface area contributed by atoms with E-state index in [9.17, 15) is 47.4 Å². The van der Waals surface area contributed by atoms with Gasteiger partial charge in [-0.1, -0.05) is 6.42 Å². The van der Waals surface area contributed by atoms with Crippen molar-refractivity contribution in [2.75, 3.05) is 14.1 Å². The van der Waals surface area contributed by atoms with E-state index in [4.69, 9.17) is 5.73 Å². The van der Waals surface area contributed by atoms with Crippen LogP contribution in [0.2, 0.25) is 0 Å². The van der Waals surface area contributed by atoms with Gasteiger partial charge in [-0.3, -0.25) is 28.9 Å². The molecule has 0 aliphatic heterocycles. The van der Waals surface area contributed by atoms with Crippen molar-refractivity contribution in [2.24, 2.45) is 41.2 Å². The predicted octanol–water partition coefficient (Wildman–Crippen LogP) is 1.16. The summed E-state index contributed by atoms with van der Waals surface area (Å²) in [4.78, 5) is 67.6. The number of hydrogen-bond acceptors (Lipinski definition) is 9. The van der Waals surface area contributed by atoms with E-state index in [1.165, 1.54) is 19.0 Å². The average Bonchev–Trinajstić information content (AvgIpc) is 3.52. The van der Waals surface area contributed by atoms with Crippen molar-refractivity contribution in [2.45, 2.75) is 68.9 Å². The number of phenolic OH excluding ortho intramolecular Hbond substituents is 1. The van der Waals surface area contributed by atoms with Gasteiger partial charge in [0.25, 0.3) is 0 Å². The van der Waals surface area contributed by atoms with Crippen LogP contribution in [0, 0.1) is 35.5 Å². The van der Waals surface area contributed by atoms with Crippen LogP contribution in [0.15, 0.2) is 6.07 Å². The zero-order valence-electron chi connectivity index (χ0n) is 23.7.